The van der Waals surface area contributed by atoms with Crippen molar-refractivity contribution in [2.75, 3.05) is 18.4 Å². The lowest BCUT2D eigenvalue weighted by Crippen LogP contribution is -2.44. The normalized spacial score (nSPS) is 18.2. The van der Waals surface area contributed by atoms with Crippen LogP contribution in [-0.4, -0.2) is 31.7 Å². The quantitative estimate of drug-likeness (QED) is 0.855. The number of aryl methyl sites for hydroxylation is 2. The highest BCUT2D eigenvalue weighted by Crippen LogP contribution is 2.24. The van der Waals surface area contributed by atoms with Crippen LogP contribution in [0.1, 0.15) is 29.5 Å². The molecule has 0 bridgehead atoms. The van der Waals surface area contributed by atoms with Gasteiger partial charge < -0.3 is 5.32 Å². The Morgan fingerprint density at radius 2 is 1.89 bits per heavy atom. The van der Waals surface area contributed by atoms with Crippen molar-refractivity contribution in [2.24, 2.45) is 5.92 Å². The molecule has 1 aliphatic rings. The van der Waals surface area contributed by atoms with E-state index in [2.05, 4.69) is 5.32 Å². The zero-order valence-electron chi connectivity index (χ0n) is 15.8. The molecule has 144 valence electrons. The zero-order valence-corrected chi connectivity index (χ0v) is 16.6. The molecule has 0 aliphatic carbocycles. The number of amides is 1. The Kier molecular flexibility index (Phi) is 5.97. The predicted octanol–water partition coefficient (Wildman–Crippen LogP) is 3.48. The summed E-state index contributed by atoms with van der Waals surface area (Å²) in [6.07, 6.45) is 1.40. The van der Waals surface area contributed by atoms with Crippen molar-refractivity contribution < 1.29 is 13.2 Å². The third kappa shape index (κ3) is 4.96. The third-order valence-corrected chi connectivity index (χ3v) is 6.81. The number of hydrogen-bond donors (Lipinski definition) is 1. The molecule has 0 aromatic heterocycles. The van der Waals surface area contributed by atoms with Gasteiger partial charge in [0.05, 0.1) is 11.7 Å². The lowest BCUT2D eigenvalue weighted by molar-refractivity contribution is -0.120. The van der Waals surface area contributed by atoms with Crippen molar-refractivity contribution in [2.45, 2.75) is 32.4 Å². The summed E-state index contributed by atoms with van der Waals surface area (Å²) in [6.45, 7) is 4.65. The second kappa shape index (κ2) is 8.23. The summed E-state index contributed by atoms with van der Waals surface area (Å²) in [5.41, 5.74) is 3.63. The van der Waals surface area contributed by atoms with Gasteiger partial charge in [0, 0.05) is 18.8 Å². The Bertz CT molecular complexity index is 910. The molecule has 1 amide bonds. The molecule has 27 heavy (non-hydrogen) atoms. The molecule has 2 aromatic carbocycles. The first-order chi connectivity index (χ1) is 12.8. The summed E-state index contributed by atoms with van der Waals surface area (Å²) in [4.78, 5) is 12.7. The van der Waals surface area contributed by atoms with E-state index in [1.54, 1.807) is 0 Å². The number of sulfonamides is 1. The molecule has 1 aliphatic heterocycles. The lowest BCUT2D eigenvalue weighted by atomic mass is 9.98. The largest absolute Gasteiger partial charge is 0.326 e. The maximum atomic E-state index is 12.8. The second-order valence-corrected chi connectivity index (χ2v) is 9.22. The van der Waals surface area contributed by atoms with Gasteiger partial charge in [0.15, 0.2) is 0 Å². The molecule has 2 aromatic rings. The number of rotatable bonds is 5. The predicted molar refractivity (Wildman–Crippen MR) is 108 cm³/mol. The van der Waals surface area contributed by atoms with E-state index in [1.807, 2.05) is 62.4 Å². The molecule has 0 unspecified atom stereocenters. The van der Waals surface area contributed by atoms with E-state index in [4.69, 9.17) is 0 Å². The topological polar surface area (TPSA) is 66.5 Å². The van der Waals surface area contributed by atoms with E-state index in [-0.39, 0.29) is 24.1 Å². The molecule has 1 fully saturated rings. The van der Waals surface area contributed by atoms with Crippen LogP contribution in [0.2, 0.25) is 0 Å². The van der Waals surface area contributed by atoms with Crippen LogP contribution in [0.15, 0.2) is 48.5 Å². The van der Waals surface area contributed by atoms with E-state index < -0.39 is 10.0 Å². The first-order valence-electron chi connectivity index (χ1n) is 9.25. The van der Waals surface area contributed by atoms with Crippen LogP contribution < -0.4 is 5.32 Å². The van der Waals surface area contributed by atoms with Gasteiger partial charge >= 0.3 is 0 Å². The first kappa shape index (κ1) is 19.6. The highest BCUT2D eigenvalue weighted by molar-refractivity contribution is 7.88. The molecular formula is C21H26N2O3S. The second-order valence-electron chi connectivity index (χ2n) is 7.25. The summed E-state index contributed by atoms with van der Waals surface area (Å²) >= 11 is 0. The third-order valence-electron chi connectivity index (χ3n) is 4.99. The highest BCUT2D eigenvalue weighted by atomic mass is 32.2. The minimum absolute atomic E-state index is 0.0286. The van der Waals surface area contributed by atoms with Crippen LogP contribution in [-0.2, 0) is 20.6 Å². The average Bonchev–Trinajstić information content (AvgIpc) is 2.65. The number of anilines is 1. The molecule has 1 N–H and O–H groups in total. The number of piperidine rings is 1. The van der Waals surface area contributed by atoms with Gasteiger partial charge in [-0.05, 0) is 49.4 Å². The van der Waals surface area contributed by atoms with Crippen LogP contribution in [0.25, 0.3) is 0 Å². The van der Waals surface area contributed by atoms with E-state index in [0.29, 0.717) is 19.4 Å². The van der Waals surface area contributed by atoms with Gasteiger partial charge in [0.1, 0.15) is 0 Å². The Morgan fingerprint density at radius 1 is 1.15 bits per heavy atom. The molecule has 0 radical (unpaired) electrons. The molecule has 0 saturated carbocycles. The van der Waals surface area contributed by atoms with Crippen molar-refractivity contribution in [1.82, 2.24) is 4.31 Å². The van der Waals surface area contributed by atoms with Gasteiger partial charge in [-0.1, -0.05) is 42.5 Å². The van der Waals surface area contributed by atoms with Gasteiger partial charge in [-0.3, -0.25) is 4.79 Å². The zero-order chi connectivity index (χ0) is 19.4. The summed E-state index contributed by atoms with van der Waals surface area (Å²) in [5.74, 6) is -0.466. The summed E-state index contributed by atoms with van der Waals surface area (Å²) in [7, 11) is -3.44. The van der Waals surface area contributed by atoms with Crippen molar-refractivity contribution in [3.8, 4) is 0 Å². The van der Waals surface area contributed by atoms with Crippen LogP contribution in [0, 0.1) is 19.8 Å². The van der Waals surface area contributed by atoms with Gasteiger partial charge in [-0.25, -0.2) is 12.7 Å². The number of nitrogens with one attached hydrogen (secondary N) is 1. The van der Waals surface area contributed by atoms with Crippen molar-refractivity contribution in [1.29, 1.82) is 0 Å². The number of carbonyl (C=O) groups is 1. The molecule has 1 heterocycles. The Morgan fingerprint density at radius 3 is 2.63 bits per heavy atom. The van der Waals surface area contributed by atoms with E-state index in [9.17, 15) is 13.2 Å². The summed E-state index contributed by atoms with van der Waals surface area (Å²) < 4.78 is 27.0. The smallest absolute Gasteiger partial charge is 0.228 e. The van der Waals surface area contributed by atoms with Crippen LogP contribution in [0.3, 0.4) is 0 Å². The molecule has 3 rings (SSSR count). The van der Waals surface area contributed by atoms with E-state index >= 15 is 0 Å². The monoisotopic (exact) mass is 386 g/mol. The Balaban J connectivity index is 1.68. The van der Waals surface area contributed by atoms with Gasteiger partial charge in [0.25, 0.3) is 0 Å². The minimum Gasteiger partial charge on any atom is -0.326 e. The van der Waals surface area contributed by atoms with Crippen molar-refractivity contribution in [3.63, 3.8) is 0 Å². The molecule has 0 spiro atoms. The van der Waals surface area contributed by atoms with Crippen molar-refractivity contribution >= 4 is 21.6 Å². The van der Waals surface area contributed by atoms with Gasteiger partial charge in [-0.2, -0.15) is 0 Å². The standard InChI is InChI=1S/C21H26N2O3S/c1-16-10-11-17(2)20(13-16)22-21(24)19-9-6-12-23(14-19)27(25,26)15-18-7-4-3-5-8-18/h3-5,7-8,10-11,13,19H,6,9,12,14-15H2,1-2H3,(H,22,24)/t19-/m1/s1. The summed E-state index contributed by atoms with van der Waals surface area (Å²) in [5, 5.41) is 2.98. The molecule has 1 atom stereocenters. The van der Waals surface area contributed by atoms with Crippen LogP contribution in [0.5, 0.6) is 0 Å². The van der Waals surface area contributed by atoms with E-state index in [1.165, 1.54) is 4.31 Å². The fraction of sp³-hybridized carbons (Fsp3) is 0.381. The number of carbonyl (C=O) groups excluding carboxylic acids is 1. The molecule has 6 heteroatoms. The van der Waals surface area contributed by atoms with E-state index in [0.717, 1.165) is 22.4 Å². The fourth-order valence-corrected chi connectivity index (χ4v) is 5.00. The van der Waals surface area contributed by atoms with Gasteiger partial charge in [0.2, 0.25) is 15.9 Å². The average molecular weight is 387 g/mol. The SMILES string of the molecule is Cc1ccc(C)c(NC(=O)[C@@H]2CCCN(S(=O)(=O)Cc3ccccc3)C2)c1. The number of benzene rings is 2. The van der Waals surface area contributed by atoms with Crippen LogP contribution >= 0.6 is 0 Å². The molecular weight excluding hydrogens is 360 g/mol. The first-order valence-corrected chi connectivity index (χ1v) is 10.9. The van der Waals surface area contributed by atoms with Crippen LogP contribution in [0.4, 0.5) is 5.69 Å². The Hall–Kier alpha value is -2.18. The lowest BCUT2D eigenvalue weighted by Gasteiger charge is -2.31. The maximum absolute atomic E-state index is 12.8. The van der Waals surface area contributed by atoms with Gasteiger partial charge in [-0.15, -0.1) is 0 Å². The van der Waals surface area contributed by atoms with Crippen molar-refractivity contribution in [3.05, 3.63) is 65.2 Å². The number of hydrogen-bond acceptors (Lipinski definition) is 3. The maximum Gasteiger partial charge on any atom is 0.228 e. The minimum atomic E-state index is -3.44. The highest BCUT2D eigenvalue weighted by Gasteiger charge is 2.32. The molecule has 5 nitrogen and oxygen atoms in total. The fourth-order valence-electron chi connectivity index (χ4n) is 3.39. The number of nitrogens with zero attached hydrogens (tertiary/aromatic N) is 1. The summed E-state index contributed by atoms with van der Waals surface area (Å²) in [6, 6.07) is 15.1. The Labute approximate surface area is 161 Å². The molecule has 1 saturated heterocycles.